The predicted octanol–water partition coefficient (Wildman–Crippen LogP) is 5.89. The Morgan fingerprint density at radius 2 is 1.74 bits per heavy atom. The first-order valence-corrected chi connectivity index (χ1v) is 9.49. The number of rotatable bonds is 4. The van der Waals surface area contributed by atoms with E-state index in [-0.39, 0.29) is 11.0 Å². The normalized spacial score (nSPS) is 10.7. The molecular formula is C20H14BrClN2O2S. The Morgan fingerprint density at radius 3 is 2.44 bits per heavy atom. The standard InChI is InChI=1S/C20H14BrClN2O2S/c21-14-3-7-16(8-4-14)23-20(27)24-19(25)12-10-17-9-11-18(26-17)13-1-5-15(22)6-2-13/h1-12H,(H2,23,24,25,27). The van der Waals surface area contributed by atoms with E-state index in [1.165, 1.54) is 6.08 Å². The van der Waals surface area contributed by atoms with Crippen molar-refractivity contribution in [3.63, 3.8) is 0 Å². The lowest BCUT2D eigenvalue weighted by Gasteiger charge is -2.07. The summed E-state index contributed by atoms with van der Waals surface area (Å²) in [5.74, 6) is 0.898. The minimum atomic E-state index is -0.353. The molecule has 1 amide bonds. The molecule has 1 heterocycles. The Hall–Kier alpha value is -2.41. The third kappa shape index (κ3) is 5.79. The number of nitrogens with one attached hydrogen (secondary N) is 2. The lowest BCUT2D eigenvalue weighted by molar-refractivity contribution is -0.115. The molecule has 0 aliphatic carbocycles. The summed E-state index contributed by atoms with van der Waals surface area (Å²) in [7, 11) is 0. The summed E-state index contributed by atoms with van der Waals surface area (Å²) in [4.78, 5) is 12.0. The monoisotopic (exact) mass is 460 g/mol. The highest BCUT2D eigenvalue weighted by Crippen LogP contribution is 2.24. The van der Waals surface area contributed by atoms with Gasteiger partial charge in [-0.2, -0.15) is 0 Å². The number of thiocarbonyl (C=S) groups is 1. The Labute approximate surface area is 175 Å². The predicted molar refractivity (Wildman–Crippen MR) is 117 cm³/mol. The van der Waals surface area contributed by atoms with E-state index in [0.717, 1.165) is 15.7 Å². The number of carbonyl (C=O) groups is 1. The van der Waals surface area contributed by atoms with Crippen molar-refractivity contribution in [2.75, 3.05) is 5.32 Å². The number of furan rings is 1. The zero-order valence-electron chi connectivity index (χ0n) is 13.9. The first-order valence-electron chi connectivity index (χ1n) is 7.91. The molecule has 4 nitrogen and oxygen atoms in total. The van der Waals surface area contributed by atoms with Crippen LogP contribution in [-0.2, 0) is 4.79 Å². The van der Waals surface area contributed by atoms with Crippen LogP contribution in [0.5, 0.6) is 0 Å². The van der Waals surface area contributed by atoms with Crippen LogP contribution in [0.15, 0.2) is 75.6 Å². The number of carbonyl (C=O) groups excluding carboxylic acids is 1. The van der Waals surface area contributed by atoms with Gasteiger partial charge in [-0.3, -0.25) is 10.1 Å². The van der Waals surface area contributed by atoms with Crippen molar-refractivity contribution in [2.24, 2.45) is 0 Å². The summed E-state index contributed by atoms with van der Waals surface area (Å²) in [6.45, 7) is 0. The average molecular weight is 462 g/mol. The molecule has 2 N–H and O–H groups in total. The first kappa shape index (κ1) is 19.4. The highest BCUT2D eigenvalue weighted by molar-refractivity contribution is 9.10. The third-order valence-corrected chi connectivity index (χ3v) is 4.48. The number of amides is 1. The van der Waals surface area contributed by atoms with Crippen LogP contribution in [0, 0.1) is 0 Å². The third-order valence-electron chi connectivity index (χ3n) is 3.49. The van der Waals surface area contributed by atoms with Crippen LogP contribution in [0.25, 0.3) is 17.4 Å². The minimum Gasteiger partial charge on any atom is -0.457 e. The Balaban J connectivity index is 1.56. The molecule has 2 aromatic carbocycles. The molecule has 0 aliphatic heterocycles. The van der Waals surface area contributed by atoms with Gasteiger partial charge in [0.05, 0.1) is 0 Å². The Morgan fingerprint density at radius 1 is 1.04 bits per heavy atom. The van der Waals surface area contributed by atoms with Crippen molar-refractivity contribution < 1.29 is 9.21 Å². The molecule has 0 aliphatic rings. The van der Waals surface area contributed by atoms with Gasteiger partial charge in [0, 0.05) is 26.8 Å². The lowest BCUT2D eigenvalue weighted by Crippen LogP contribution is -2.32. The molecule has 0 fully saturated rings. The SMILES string of the molecule is O=C(C=Cc1ccc(-c2ccc(Cl)cc2)o1)NC(=S)Nc1ccc(Br)cc1. The molecule has 0 unspecified atom stereocenters. The van der Waals surface area contributed by atoms with E-state index in [4.69, 9.17) is 28.2 Å². The summed E-state index contributed by atoms with van der Waals surface area (Å²) >= 11 is 14.4. The van der Waals surface area contributed by atoms with Crippen LogP contribution in [-0.4, -0.2) is 11.0 Å². The first-order chi connectivity index (χ1) is 13.0. The van der Waals surface area contributed by atoms with E-state index < -0.39 is 0 Å². The molecule has 7 heteroatoms. The van der Waals surface area contributed by atoms with Crippen LogP contribution in [0.4, 0.5) is 5.69 Å². The molecule has 0 spiro atoms. The van der Waals surface area contributed by atoms with Crippen LogP contribution < -0.4 is 10.6 Å². The maximum absolute atomic E-state index is 12.0. The van der Waals surface area contributed by atoms with Crippen molar-refractivity contribution in [1.29, 1.82) is 0 Å². The second kappa shape index (κ2) is 8.99. The van der Waals surface area contributed by atoms with Gasteiger partial charge in [0.2, 0.25) is 5.91 Å². The zero-order valence-corrected chi connectivity index (χ0v) is 17.1. The fourth-order valence-electron chi connectivity index (χ4n) is 2.22. The van der Waals surface area contributed by atoms with Gasteiger partial charge < -0.3 is 9.73 Å². The quantitative estimate of drug-likeness (QED) is 0.376. The lowest BCUT2D eigenvalue weighted by atomic mass is 10.2. The maximum Gasteiger partial charge on any atom is 0.250 e. The summed E-state index contributed by atoms with van der Waals surface area (Å²) in [5.41, 5.74) is 1.69. The largest absolute Gasteiger partial charge is 0.457 e. The van der Waals surface area contributed by atoms with Crippen molar-refractivity contribution in [3.05, 3.63) is 82.0 Å². The van der Waals surface area contributed by atoms with Gasteiger partial charge >= 0.3 is 0 Å². The minimum absolute atomic E-state index is 0.216. The van der Waals surface area contributed by atoms with Gasteiger partial charge in [0.15, 0.2) is 5.11 Å². The number of hydrogen-bond donors (Lipinski definition) is 2. The van der Waals surface area contributed by atoms with E-state index >= 15 is 0 Å². The molecule has 0 atom stereocenters. The van der Waals surface area contributed by atoms with Gasteiger partial charge in [-0.05, 0) is 79.0 Å². The molecule has 0 radical (unpaired) electrons. The molecule has 136 valence electrons. The highest BCUT2D eigenvalue weighted by Gasteiger charge is 2.05. The van der Waals surface area contributed by atoms with E-state index in [9.17, 15) is 4.79 Å². The van der Waals surface area contributed by atoms with E-state index in [2.05, 4.69) is 26.6 Å². The van der Waals surface area contributed by atoms with E-state index in [0.29, 0.717) is 16.5 Å². The van der Waals surface area contributed by atoms with Crippen molar-refractivity contribution in [2.45, 2.75) is 0 Å². The molecule has 3 aromatic rings. The fourth-order valence-corrected chi connectivity index (χ4v) is 2.83. The van der Waals surface area contributed by atoms with Crippen molar-refractivity contribution in [3.8, 4) is 11.3 Å². The van der Waals surface area contributed by atoms with E-state index in [1.807, 2.05) is 42.5 Å². The number of halogens is 2. The van der Waals surface area contributed by atoms with Crippen LogP contribution >= 0.6 is 39.7 Å². The Bertz CT molecular complexity index is 982. The molecule has 3 rings (SSSR count). The summed E-state index contributed by atoms with van der Waals surface area (Å²) < 4.78 is 6.67. The molecule has 27 heavy (non-hydrogen) atoms. The number of benzene rings is 2. The fraction of sp³-hybridized carbons (Fsp3) is 0. The maximum atomic E-state index is 12.0. The molecule has 1 aromatic heterocycles. The van der Waals surface area contributed by atoms with Gasteiger partial charge in [-0.15, -0.1) is 0 Å². The van der Waals surface area contributed by atoms with Crippen LogP contribution in [0.3, 0.4) is 0 Å². The second-order valence-electron chi connectivity index (χ2n) is 5.49. The number of hydrogen-bond acceptors (Lipinski definition) is 3. The summed E-state index contributed by atoms with van der Waals surface area (Å²) in [5, 5.41) is 6.40. The molecule has 0 saturated heterocycles. The van der Waals surface area contributed by atoms with Crippen LogP contribution in [0.2, 0.25) is 5.02 Å². The van der Waals surface area contributed by atoms with Gasteiger partial charge in [0.1, 0.15) is 11.5 Å². The molecular weight excluding hydrogens is 448 g/mol. The zero-order chi connectivity index (χ0) is 19.2. The average Bonchev–Trinajstić information content (AvgIpc) is 3.11. The van der Waals surface area contributed by atoms with Crippen molar-refractivity contribution in [1.82, 2.24) is 5.32 Å². The Kier molecular flexibility index (Phi) is 6.45. The summed E-state index contributed by atoms with van der Waals surface area (Å²) in [6.07, 6.45) is 2.94. The van der Waals surface area contributed by atoms with Crippen molar-refractivity contribution >= 4 is 62.5 Å². The smallest absolute Gasteiger partial charge is 0.250 e. The van der Waals surface area contributed by atoms with E-state index in [1.54, 1.807) is 24.3 Å². The topological polar surface area (TPSA) is 54.3 Å². The van der Waals surface area contributed by atoms with Gasteiger partial charge in [-0.25, -0.2) is 0 Å². The molecule has 0 saturated carbocycles. The van der Waals surface area contributed by atoms with Gasteiger partial charge in [0.25, 0.3) is 0 Å². The van der Waals surface area contributed by atoms with Gasteiger partial charge in [-0.1, -0.05) is 27.5 Å². The number of anilines is 1. The summed E-state index contributed by atoms with van der Waals surface area (Å²) in [6, 6.07) is 18.4. The van der Waals surface area contributed by atoms with Crippen LogP contribution in [0.1, 0.15) is 5.76 Å². The molecule has 0 bridgehead atoms. The highest BCUT2D eigenvalue weighted by atomic mass is 79.9. The second-order valence-corrected chi connectivity index (χ2v) is 7.25.